The first-order chi connectivity index (χ1) is 9.63. The monoisotopic (exact) mass is 305 g/mol. The lowest BCUT2D eigenvalue weighted by atomic mass is 10.1. The second kappa shape index (κ2) is 5.52. The summed E-state index contributed by atoms with van der Waals surface area (Å²) in [5, 5.41) is 9.75. The van der Waals surface area contributed by atoms with Crippen LogP contribution in [0.15, 0.2) is 51.7 Å². The van der Waals surface area contributed by atoms with E-state index in [9.17, 15) is 9.50 Å². The third-order valence-electron chi connectivity index (χ3n) is 2.89. The molecule has 1 atom stereocenters. The van der Waals surface area contributed by atoms with Gasteiger partial charge in [0.2, 0.25) is 0 Å². The third kappa shape index (κ3) is 2.70. The first-order valence-corrected chi connectivity index (χ1v) is 7.78. The molecular weight excluding hydrogens is 293 g/mol. The number of aromatic nitrogens is 1. The molecule has 0 aliphatic carbocycles. The Labute approximate surface area is 124 Å². The fourth-order valence-corrected chi connectivity index (χ4v) is 4.15. The minimum Gasteiger partial charge on any atom is -0.389 e. The van der Waals surface area contributed by atoms with Gasteiger partial charge in [0.25, 0.3) is 0 Å². The van der Waals surface area contributed by atoms with Crippen molar-refractivity contribution in [2.75, 3.05) is 0 Å². The number of aliphatic hydroxyl groups is 1. The van der Waals surface area contributed by atoms with Gasteiger partial charge in [0.1, 0.15) is 5.82 Å². The van der Waals surface area contributed by atoms with E-state index in [-0.39, 0.29) is 5.82 Å². The van der Waals surface area contributed by atoms with Crippen LogP contribution in [-0.4, -0.2) is 10.1 Å². The van der Waals surface area contributed by atoms with Gasteiger partial charge in [-0.05, 0) is 42.8 Å². The molecule has 0 fully saturated rings. The molecule has 102 valence electrons. The van der Waals surface area contributed by atoms with E-state index in [4.69, 9.17) is 0 Å². The molecule has 3 rings (SSSR count). The number of benzene rings is 2. The molecule has 0 unspecified atom stereocenters. The Morgan fingerprint density at radius 2 is 2.05 bits per heavy atom. The highest BCUT2D eigenvalue weighted by molar-refractivity contribution is 8.01. The van der Waals surface area contributed by atoms with Crippen molar-refractivity contribution in [1.29, 1.82) is 0 Å². The molecule has 0 bridgehead atoms. The van der Waals surface area contributed by atoms with Gasteiger partial charge < -0.3 is 5.11 Å². The molecule has 1 aromatic heterocycles. The highest BCUT2D eigenvalue weighted by Gasteiger charge is 2.13. The van der Waals surface area contributed by atoms with Crippen LogP contribution < -0.4 is 0 Å². The zero-order valence-electron chi connectivity index (χ0n) is 10.7. The Hall–Kier alpha value is -1.43. The Bertz CT molecular complexity index is 721. The van der Waals surface area contributed by atoms with Crippen molar-refractivity contribution in [3.63, 3.8) is 0 Å². The van der Waals surface area contributed by atoms with Crippen LogP contribution in [0.1, 0.15) is 18.6 Å². The molecular formula is C15H12FNOS2. The maximum atomic E-state index is 13.3. The molecule has 0 saturated heterocycles. The highest BCUT2D eigenvalue weighted by Crippen LogP contribution is 2.37. The van der Waals surface area contributed by atoms with Gasteiger partial charge in [0, 0.05) is 4.90 Å². The van der Waals surface area contributed by atoms with Crippen LogP contribution in [0.25, 0.3) is 10.2 Å². The van der Waals surface area contributed by atoms with Crippen LogP contribution in [0.3, 0.4) is 0 Å². The summed E-state index contributed by atoms with van der Waals surface area (Å²) >= 11 is 3.05. The topological polar surface area (TPSA) is 33.1 Å². The predicted octanol–water partition coefficient (Wildman–Crippen LogP) is 4.64. The van der Waals surface area contributed by atoms with E-state index in [2.05, 4.69) is 4.98 Å². The van der Waals surface area contributed by atoms with Crippen LogP contribution in [0.5, 0.6) is 0 Å². The average molecular weight is 305 g/mol. The van der Waals surface area contributed by atoms with Gasteiger partial charge in [-0.2, -0.15) is 0 Å². The van der Waals surface area contributed by atoms with E-state index in [0.29, 0.717) is 5.56 Å². The quantitative estimate of drug-likeness (QED) is 0.765. The zero-order valence-corrected chi connectivity index (χ0v) is 12.3. The van der Waals surface area contributed by atoms with Crippen LogP contribution in [-0.2, 0) is 0 Å². The first-order valence-electron chi connectivity index (χ1n) is 6.14. The van der Waals surface area contributed by atoms with Gasteiger partial charge in [-0.1, -0.05) is 23.9 Å². The SMILES string of the molecule is C[C@@H](O)c1cc(F)ccc1Sc1nc2ccccc2s1. The molecule has 0 spiro atoms. The number of para-hydroxylation sites is 1. The molecule has 5 heteroatoms. The molecule has 1 N–H and O–H groups in total. The molecule has 0 radical (unpaired) electrons. The van der Waals surface area contributed by atoms with Gasteiger partial charge >= 0.3 is 0 Å². The smallest absolute Gasteiger partial charge is 0.155 e. The summed E-state index contributed by atoms with van der Waals surface area (Å²) in [6, 6.07) is 12.4. The number of nitrogens with zero attached hydrogens (tertiary/aromatic N) is 1. The normalized spacial score (nSPS) is 12.8. The summed E-state index contributed by atoms with van der Waals surface area (Å²) in [4.78, 5) is 5.37. The van der Waals surface area contributed by atoms with Crippen molar-refractivity contribution in [2.24, 2.45) is 0 Å². The van der Waals surface area contributed by atoms with Crippen LogP contribution in [0, 0.1) is 5.82 Å². The Kier molecular flexibility index (Phi) is 3.74. The zero-order chi connectivity index (χ0) is 14.1. The molecule has 1 heterocycles. The van der Waals surface area contributed by atoms with Gasteiger partial charge in [-0.15, -0.1) is 11.3 Å². The van der Waals surface area contributed by atoms with E-state index < -0.39 is 6.10 Å². The van der Waals surface area contributed by atoms with Crippen molar-refractivity contribution < 1.29 is 9.50 Å². The van der Waals surface area contributed by atoms with Crippen molar-refractivity contribution in [2.45, 2.75) is 22.3 Å². The summed E-state index contributed by atoms with van der Waals surface area (Å²) in [5.74, 6) is -0.338. The predicted molar refractivity (Wildman–Crippen MR) is 80.8 cm³/mol. The summed E-state index contributed by atoms with van der Waals surface area (Å²) in [7, 11) is 0. The maximum Gasteiger partial charge on any atom is 0.155 e. The Balaban J connectivity index is 1.98. The molecule has 0 aliphatic rings. The molecule has 2 nitrogen and oxygen atoms in total. The van der Waals surface area contributed by atoms with E-state index in [1.54, 1.807) is 24.3 Å². The number of hydrogen-bond acceptors (Lipinski definition) is 4. The lowest BCUT2D eigenvalue weighted by molar-refractivity contribution is 0.196. The molecule has 0 aliphatic heterocycles. The lowest BCUT2D eigenvalue weighted by Gasteiger charge is -2.10. The molecule has 3 aromatic rings. The van der Waals surface area contributed by atoms with Crippen molar-refractivity contribution in [1.82, 2.24) is 4.98 Å². The van der Waals surface area contributed by atoms with E-state index in [1.807, 2.05) is 24.3 Å². The van der Waals surface area contributed by atoms with Gasteiger partial charge in [0.15, 0.2) is 4.34 Å². The van der Waals surface area contributed by atoms with E-state index in [0.717, 1.165) is 19.5 Å². The fourth-order valence-electron chi connectivity index (χ4n) is 1.93. The van der Waals surface area contributed by atoms with Gasteiger partial charge in [-0.25, -0.2) is 9.37 Å². The number of aliphatic hydroxyl groups excluding tert-OH is 1. The fraction of sp³-hybridized carbons (Fsp3) is 0.133. The Morgan fingerprint density at radius 3 is 2.80 bits per heavy atom. The minimum absolute atomic E-state index is 0.338. The third-order valence-corrected chi connectivity index (χ3v) is 5.08. The van der Waals surface area contributed by atoms with Crippen LogP contribution in [0.4, 0.5) is 4.39 Å². The number of thiazole rings is 1. The van der Waals surface area contributed by atoms with Crippen LogP contribution >= 0.6 is 23.1 Å². The summed E-state index contributed by atoms with van der Waals surface area (Å²) in [5.41, 5.74) is 1.55. The average Bonchev–Trinajstić information content (AvgIpc) is 2.82. The second-order valence-electron chi connectivity index (χ2n) is 4.41. The summed E-state index contributed by atoms with van der Waals surface area (Å²) < 4.78 is 15.3. The van der Waals surface area contributed by atoms with Crippen molar-refractivity contribution >= 4 is 33.3 Å². The number of rotatable bonds is 3. The summed E-state index contributed by atoms with van der Waals surface area (Å²) in [6.07, 6.45) is -0.706. The molecule has 20 heavy (non-hydrogen) atoms. The minimum atomic E-state index is -0.706. The van der Waals surface area contributed by atoms with Crippen LogP contribution in [0.2, 0.25) is 0 Å². The molecule has 2 aromatic carbocycles. The number of halogens is 1. The second-order valence-corrected chi connectivity index (χ2v) is 6.73. The standard InChI is InChI=1S/C15H12FNOS2/c1-9(18)11-8-10(16)6-7-13(11)19-15-17-12-4-2-3-5-14(12)20-15/h2-9,18H,1H3/t9-/m1/s1. The highest BCUT2D eigenvalue weighted by atomic mass is 32.2. The van der Waals surface area contributed by atoms with Crippen molar-refractivity contribution in [3.05, 3.63) is 53.8 Å². The van der Waals surface area contributed by atoms with E-state index >= 15 is 0 Å². The van der Waals surface area contributed by atoms with E-state index in [1.165, 1.54) is 23.9 Å². The number of hydrogen-bond donors (Lipinski definition) is 1. The van der Waals surface area contributed by atoms with Gasteiger partial charge in [0.05, 0.1) is 16.3 Å². The Morgan fingerprint density at radius 1 is 1.25 bits per heavy atom. The first kappa shape index (κ1) is 13.5. The van der Waals surface area contributed by atoms with Crippen molar-refractivity contribution in [3.8, 4) is 0 Å². The number of fused-ring (bicyclic) bond motifs is 1. The largest absolute Gasteiger partial charge is 0.389 e. The maximum absolute atomic E-state index is 13.3. The molecule has 0 amide bonds. The summed E-state index contributed by atoms with van der Waals surface area (Å²) in [6.45, 7) is 1.64. The lowest BCUT2D eigenvalue weighted by Crippen LogP contribution is -1.95. The van der Waals surface area contributed by atoms with Gasteiger partial charge in [-0.3, -0.25) is 0 Å². The molecule has 0 saturated carbocycles.